The summed E-state index contributed by atoms with van der Waals surface area (Å²) in [6.45, 7) is 1.34. The van der Waals surface area contributed by atoms with Gasteiger partial charge in [0.1, 0.15) is 0 Å². The Morgan fingerprint density at radius 3 is 2.79 bits per heavy atom. The summed E-state index contributed by atoms with van der Waals surface area (Å²) in [6, 6.07) is 3.67. The highest BCUT2D eigenvalue weighted by molar-refractivity contribution is 7.17. The van der Waals surface area contributed by atoms with Crippen molar-refractivity contribution in [1.29, 1.82) is 0 Å². The summed E-state index contributed by atoms with van der Waals surface area (Å²) in [7, 11) is 0. The lowest BCUT2D eigenvalue weighted by Crippen LogP contribution is -2.49. The molecule has 0 radical (unpaired) electrons. The summed E-state index contributed by atoms with van der Waals surface area (Å²) < 4.78 is 12.0. The van der Waals surface area contributed by atoms with Crippen LogP contribution in [0, 0.1) is 0 Å². The number of rotatable bonds is 2. The molecule has 2 fully saturated rings. The van der Waals surface area contributed by atoms with E-state index < -0.39 is 0 Å². The number of amides is 1. The zero-order valence-corrected chi connectivity index (χ0v) is 12.0. The second-order valence-corrected chi connectivity index (χ2v) is 6.62. The lowest BCUT2D eigenvalue weighted by Gasteiger charge is -2.39. The van der Waals surface area contributed by atoms with Crippen molar-refractivity contribution in [2.24, 2.45) is 0 Å². The van der Waals surface area contributed by atoms with Crippen LogP contribution in [0.1, 0.15) is 28.9 Å². The Kier molecular flexibility index (Phi) is 4.07. The molecule has 0 spiro atoms. The van der Waals surface area contributed by atoms with Crippen molar-refractivity contribution in [1.82, 2.24) is 5.32 Å². The van der Waals surface area contributed by atoms with Gasteiger partial charge in [-0.25, -0.2) is 0 Å². The number of nitrogens with one attached hydrogen (secondary N) is 1. The first-order chi connectivity index (χ1) is 9.22. The lowest BCUT2D eigenvalue weighted by atomic mass is 9.89. The van der Waals surface area contributed by atoms with Crippen LogP contribution in [0.25, 0.3) is 0 Å². The fourth-order valence-corrected chi connectivity index (χ4v) is 3.64. The largest absolute Gasteiger partial charge is 0.373 e. The molecule has 0 bridgehead atoms. The second kappa shape index (κ2) is 5.79. The van der Waals surface area contributed by atoms with Gasteiger partial charge in [0.2, 0.25) is 0 Å². The third-order valence-corrected chi connectivity index (χ3v) is 4.84. The molecule has 19 heavy (non-hydrogen) atoms. The van der Waals surface area contributed by atoms with Crippen LogP contribution in [0.2, 0.25) is 4.34 Å². The summed E-state index contributed by atoms with van der Waals surface area (Å²) in [5.41, 5.74) is 0. The number of halogens is 1. The first-order valence-corrected chi connectivity index (χ1v) is 7.71. The van der Waals surface area contributed by atoms with Crippen molar-refractivity contribution in [3.63, 3.8) is 0 Å². The van der Waals surface area contributed by atoms with Crippen molar-refractivity contribution >= 4 is 28.8 Å². The van der Waals surface area contributed by atoms with Crippen molar-refractivity contribution in [3.05, 3.63) is 21.3 Å². The number of carbonyl (C=O) groups is 1. The minimum Gasteiger partial charge on any atom is -0.373 e. The molecule has 2 heterocycles. The first-order valence-electron chi connectivity index (χ1n) is 6.52. The van der Waals surface area contributed by atoms with E-state index in [-0.39, 0.29) is 24.2 Å². The molecule has 1 amide bonds. The SMILES string of the molecule is O=C(NC1CCC2OCCOC2C1)c1ccc(Cl)s1. The van der Waals surface area contributed by atoms with E-state index in [0.717, 1.165) is 19.3 Å². The van der Waals surface area contributed by atoms with Crippen LogP contribution in [0.3, 0.4) is 0 Å². The summed E-state index contributed by atoms with van der Waals surface area (Å²) in [5.74, 6) is -0.0444. The Balaban J connectivity index is 1.57. The lowest BCUT2D eigenvalue weighted by molar-refractivity contribution is -0.157. The van der Waals surface area contributed by atoms with Gasteiger partial charge in [0, 0.05) is 6.04 Å². The maximum atomic E-state index is 12.1. The highest BCUT2D eigenvalue weighted by Crippen LogP contribution is 2.27. The van der Waals surface area contributed by atoms with Gasteiger partial charge in [-0.05, 0) is 31.4 Å². The van der Waals surface area contributed by atoms with Gasteiger partial charge < -0.3 is 14.8 Å². The Labute approximate surface area is 121 Å². The number of carbonyl (C=O) groups excluding carboxylic acids is 1. The number of hydrogen-bond acceptors (Lipinski definition) is 4. The van der Waals surface area contributed by atoms with E-state index in [0.29, 0.717) is 22.4 Å². The van der Waals surface area contributed by atoms with Gasteiger partial charge >= 0.3 is 0 Å². The molecule has 1 saturated carbocycles. The average molecular weight is 302 g/mol. The van der Waals surface area contributed by atoms with Crippen LogP contribution in [-0.4, -0.2) is 37.4 Å². The fraction of sp³-hybridized carbons (Fsp3) is 0.615. The molecule has 3 unspecified atom stereocenters. The van der Waals surface area contributed by atoms with Crippen molar-refractivity contribution in [2.45, 2.75) is 37.5 Å². The van der Waals surface area contributed by atoms with Crippen molar-refractivity contribution in [3.8, 4) is 0 Å². The third-order valence-electron chi connectivity index (χ3n) is 3.61. The highest BCUT2D eigenvalue weighted by atomic mass is 35.5. The minimum atomic E-state index is -0.0444. The third kappa shape index (κ3) is 3.11. The van der Waals surface area contributed by atoms with E-state index in [4.69, 9.17) is 21.1 Å². The van der Waals surface area contributed by atoms with E-state index in [9.17, 15) is 4.79 Å². The van der Waals surface area contributed by atoms with Crippen LogP contribution < -0.4 is 5.32 Å². The molecule has 3 rings (SSSR count). The summed E-state index contributed by atoms with van der Waals surface area (Å²) >= 11 is 7.14. The molecule has 1 N–H and O–H groups in total. The van der Waals surface area contributed by atoms with Gasteiger partial charge in [-0.3, -0.25) is 4.79 Å². The Morgan fingerprint density at radius 2 is 2.05 bits per heavy atom. The molecule has 2 aliphatic rings. The summed E-state index contributed by atoms with van der Waals surface area (Å²) in [4.78, 5) is 12.7. The van der Waals surface area contributed by atoms with Gasteiger partial charge in [-0.1, -0.05) is 11.6 Å². The number of ether oxygens (including phenoxy) is 2. The normalized spacial score (nSPS) is 30.7. The number of fused-ring (bicyclic) bond motifs is 1. The van der Waals surface area contributed by atoms with E-state index >= 15 is 0 Å². The zero-order chi connectivity index (χ0) is 13.2. The average Bonchev–Trinajstić information content (AvgIpc) is 2.85. The predicted octanol–water partition coefficient (Wildman–Crippen LogP) is 2.47. The van der Waals surface area contributed by atoms with Crippen LogP contribution in [0.5, 0.6) is 0 Å². The smallest absolute Gasteiger partial charge is 0.261 e. The molecule has 4 nitrogen and oxygen atoms in total. The molecular weight excluding hydrogens is 286 g/mol. The molecule has 6 heteroatoms. The predicted molar refractivity (Wildman–Crippen MR) is 73.9 cm³/mol. The first kappa shape index (κ1) is 13.4. The molecule has 1 aliphatic carbocycles. The molecule has 1 aromatic heterocycles. The monoisotopic (exact) mass is 301 g/mol. The topological polar surface area (TPSA) is 47.6 Å². The van der Waals surface area contributed by atoms with Crippen molar-refractivity contribution in [2.75, 3.05) is 13.2 Å². The Morgan fingerprint density at radius 1 is 1.26 bits per heavy atom. The van der Waals surface area contributed by atoms with Gasteiger partial charge in [-0.15, -0.1) is 11.3 Å². The molecule has 0 aromatic carbocycles. The molecule has 1 aromatic rings. The fourth-order valence-electron chi connectivity index (χ4n) is 2.69. The van der Waals surface area contributed by atoms with Crippen LogP contribution >= 0.6 is 22.9 Å². The zero-order valence-electron chi connectivity index (χ0n) is 10.4. The van der Waals surface area contributed by atoms with Crippen molar-refractivity contribution < 1.29 is 14.3 Å². The van der Waals surface area contributed by atoms with Gasteiger partial charge in [0.05, 0.1) is 34.6 Å². The minimum absolute atomic E-state index is 0.0444. The summed E-state index contributed by atoms with van der Waals surface area (Å²) in [6.07, 6.45) is 3.05. The Hall–Kier alpha value is -0.620. The van der Waals surface area contributed by atoms with Crippen LogP contribution in [0.15, 0.2) is 12.1 Å². The quantitative estimate of drug-likeness (QED) is 0.913. The molecule has 3 atom stereocenters. The van der Waals surface area contributed by atoms with Crippen LogP contribution in [-0.2, 0) is 9.47 Å². The standard InChI is InChI=1S/C13H16ClNO3S/c14-12-4-3-11(19-12)13(16)15-8-1-2-9-10(7-8)18-6-5-17-9/h3-4,8-10H,1-2,5-7H2,(H,15,16). The molecule has 1 saturated heterocycles. The number of hydrogen-bond donors (Lipinski definition) is 1. The van der Waals surface area contributed by atoms with Gasteiger partial charge in [0.15, 0.2) is 0 Å². The van der Waals surface area contributed by atoms with E-state index in [2.05, 4.69) is 5.32 Å². The van der Waals surface area contributed by atoms with E-state index in [1.165, 1.54) is 11.3 Å². The van der Waals surface area contributed by atoms with E-state index in [1.54, 1.807) is 12.1 Å². The molecular formula is C13H16ClNO3S. The second-order valence-electron chi connectivity index (χ2n) is 4.91. The van der Waals surface area contributed by atoms with E-state index in [1.807, 2.05) is 0 Å². The van der Waals surface area contributed by atoms with Gasteiger partial charge in [0.25, 0.3) is 5.91 Å². The van der Waals surface area contributed by atoms with Crippen LogP contribution in [0.4, 0.5) is 0 Å². The van der Waals surface area contributed by atoms with Gasteiger partial charge in [-0.2, -0.15) is 0 Å². The maximum absolute atomic E-state index is 12.1. The molecule has 1 aliphatic heterocycles. The number of thiophene rings is 1. The summed E-state index contributed by atoms with van der Waals surface area (Å²) in [5, 5.41) is 3.06. The highest BCUT2D eigenvalue weighted by Gasteiger charge is 2.34. The Bertz CT molecular complexity index is 464. The molecule has 104 valence electrons. The maximum Gasteiger partial charge on any atom is 0.261 e.